The van der Waals surface area contributed by atoms with Gasteiger partial charge in [-0.15, -0.1) is 11.6 Å². The average Bonchev–Trinajstić information content (AvgIpc) is 2.70. The molecule has 1 N–H and O–H groups in total. The Balaban J connectivity index is 2.24. The van der Waals surface area contributed by atoms with E-state index in [0.717, 1.165) is 19.3 Å². The summed E-state index contributed by atoms with van der Waals surface area (Å²) in [6, 6.07) is 0. The summed E-state index contributed by atoms with van der Waals surface area (Å²) in [5, 5.41) is 2.99. The molecular formula is C8H14ClNO. The fourth-order valence-corrected chi connectivity index (χ4v) is 1.33. The predicted molar refractivity (Wildman–Crippen MR) is 45.7 cm³/mol. The van der Waals surface area contributed by atoms with Crippen molar-refractivity contribution in [1.82, 2.24) is 5.32 Å². The molecule has 0 spiro atoms. The van der Waals surface area contributed by atoms with Crippen LogP contribution in [0, 0.1) is 0 Å². The van der Waals surface area contributed by atoms with Gasteiger partial charge in [-0.05, 0) is 19.3 Å². The largest absolute Gasteiger partial charge is 0.351 e. The van der Waals surface area contributed by atoms with Gasteiger partial charge >= 0.3 is 0 Å². The lowest BCUT2D eigenvalue weighted by atomic mass is 10.2. The summed E-state index contributed by atoms with van der Waals surface area (Å²) in [4.78, 5) is 11.1. The summed E-state index contributed by atoms with van der Waals surface area (Å²) in [6.07, 6.45) is 3.76. The quantitative estimate of drug-likeness (QED) is 0.648. The lowest BCUT2D eigenvalue weighted by molar-refractivity contribution is -0.121. The molecule has 1 fully saturated rings. The highest BCUT2D eigenvalue weighted by Gasteiger charge is 2.41. The van der Waals surface area contributed by atoms with Crippen molar-refractivity contribution in [2.24, 2.45) is 0 Å². The summed E-state index contributed by atoms with van der Waals surface area (Å²) in [7, 11) is 0. The van der Waals surface area contributed by atoms with E-state index in [1.807, 2.05) is 0 Å². The van der Waals surface area contributed by atoms with E-state index in [4.69, 9.17) is 11.6 Å². The van der Waals surface area contributed by atoms with E-state index in [0.29, 0.717) is 12.3 Å². The van der Waals surface area contributed by atoms with E-state index in [-0.39, 0.29) is 11.4 Å². The Morgan fingerprint density at radius 2 is 2.27 bits per heavy atom. The van der Waals surface area contributed by atoms with Crippen molar-refractivity contribution in [3.8, 4) is 0 Å². The Labute approximate surface area is 72.3 Å². The second-order valence-corrected chi connectivity index (χ2v) is 3.50. The molecular weight excluding hydrogens is 162 g/mol. The number of alkyl halides is 1. The molecule has 0 radical (unpaired) electrons. The molecule has 1 rings (SSSR count). The number of amides is 1. The van der Waals surface area contributed by atoms with Crippen LogP contribution in [-0.4, -0.2) is 17.3 Å². The van der Waals surface area contributed by atoms with Crippen LogP contribution in [0.3, 0.4) is 0 Å². The number of carbonyl (C=O) groups excluding carboxylic acids is 1. The first kappa shape index (κ1) is 8.85. The third-order valence-corrected chi connectivity index (χ3v) is 2.45. The van der Waals surface area contributed by atoms with Gasteiger partial charge in [-0.3, -0.25) is 4.79 Å². The zero-order valence-corrected chi connectivity index (χ0v) is 7.58. The number of halogens is 1. The van der Waals surface area contributed by atoms with Gasteiger partial charge < -0.3 is 5.32 Å². The molecule has 1 amide bonds. The number of carbonyl (C=O) groups is 1. The van der Waals surface area contributed by atoms with Crippen LogP contribution in [0.1, 0.15) is 32.6 Å². The van der Waals surface area contributed by atoms with E-state index in [1.54, 1.807) is 0 Å². The van der Waals surface area contributed by atoms with E-state index < -0.39 is 0 Å². The molecule has 64 valence electrons. The molecule has 0 aromatic rings. The minimum absolute atomic E-state index is 0.0966. The Hall–Kier alpha value is -0.240. The molecule has 0 unspecified atom stereocenters. The standard InChI is InChI=1S/C8H14ClNO/c1-2-8(4-5-8)10-7(11)3-6-9/h2-6H2,1H3,(H,10,11). The van der Waals surface area contributed by atoms with Gasteiger partial charge in [-0.2, -0.15) is 0 Å². The number of hydrogen-bond acceptors (Lipinski definition) is 1. The summed E-state index contributed by atoms with van der Waals surface area (Å²) in [5.41, 5.74) is 0.156. The van der Waals surface area contributed by atoms with E-state index in [9.17, 15) is 4.79 Å². The van der Waals surface area contributed by atoms with Gasteiger partial charge in [0.1, 0.15) is 0 Å². The van der Waals surface area contributed by atoms with Gasteiger partial charge in [0.05, 0.1) is 0 Å². The smallest absolute Gasteiger partial charge is 0.221 e. The van der Waals surface area contributed by atoms with Gasteiger partial charge in [-0.25, -0.2) is 0 Å². The van der Waals surface area contributed by atoms with Crippen LogP contribution >= 0.6 is 11.6 Å². The Morgan fingerprint density at radius 1 is 1.64 bits per heavy atom. The van der Waals surface area contributed by atoms with Gasteiger partial charge in [0, 0.05) is 17.8 Å². The highest BCUT2D eigenvalue weighted by Crippen LogP contribution is 2.38. The van der Waals surface area contributed by atoms with Crippen LogP contribution in [-0.2, 0) is 4.79 Å². The van der Waals surface area contributed by atoms with Crippen molar-refractivity contribution in [2.75, 3.05) is 5.88 Å². The minimum Gasteiger partial charge on any atom is -0.351 e. The van der Waals surface area contributed by atoms with Crippen LogP contribution in [0.2, 0.25) is 0 Å². The molecule has 0 atom stereocenters. The summed E-state index contributed by atoms with van der Waals surface area (Å²) in [6.45, 7) is 2.11. The van der Waals surface area contributed by atoms with Crippen LogP contribution < -0.4 is 5.32 Å². The minimum atomic E-state index is 0.0966. The second kappa shape index (κ2) is 3.44. The van der Waals surface area contributed by atoms with Crippen molar-refractivity contribution >= 4 is 17.5 Å². The number of hydrogen-bond donors (Lipinski definition) is 1. The number of rotatable bonds is 4. The first-order valence-electron chi connectivity index (χ1n) is 4.09. The molecule has 0 heterocycles. The van der Waals surface area contributed by atoms with Gasteiger partial charge in [0.15, 0.2) is 0 Å². The van der Waals surface area contributed by atoms with E-state index in [2.05, 4.69) is 12.2 Å². The normalized spacial score (nSPS) is 19.5. The van der Waals surface area contributed by atoms with Crippen LogP contribution in [0.25, 0.3) is 0 Å². The molecule has 3 heteroatoms. The highest BCUT2D eigenvalue weighted by atomic mass is 35.5. The molecule has 0 aliphatic heterocycles. The predicted octanol–water partition coefficient (Wildman–Crippen LogP) is 1.67. The maximum Gasteiger partial charge on any atom is 0.221 e. The molecule has 1 saturated carbocycles. The van der Waals surface area contributed by atoms with Gasteiger partial charge in [-0.1, -0.05) is 6.92 Å². The lowest BCUT2D eigenvalue weighted by Crippen LogP contribution is -2.36. The maximum absolute atomic E-state index is 11.1. The number of nitrogens with one attached hydrogen (secondary N) is 1. The van der Waals surface area contributed by atoms with Crippen molar-refractivity contribution in [1.29, 1.82) is 0 Å². The second-order valence-electron chi connectivity index (χ2n) is 3.12. The van der Waals surface area contributed by atoms with Crippen LogP contribution in [0.5, 0.6) is 0 Å². The zero-order chi connectivity index (χ0) is 8.32. The van der Waals surface area contributed by atoms with Gasteiger partial charge in [0.2, 0.25) is 5.91 Å². The average molecular weight is 176 g/mol. The molecule has 11 heavy (non-hydrogen) atoms. The summed E-state index contributed by atoms with van der Waals surface area (Å²) < 4.78 is 0. The van der Waals surface area contributed by atoms with Crippen molar-refractivity contribution in [3.05, 3.63) is 0 Å². The topological polar surface area (TPSA) is 29.1 Å². The molecule has 1 aliphatic rings. The molecule has 0 aromatic carbocycles. The first-order chi connectivity index (χ1) is 5.22. The molecule has 1 aliphatic carbocycles. The van der Waals surface area contributed by atoms with Crippen molar-refractivity contribution in [3.63, 3.8) is 0 Å². The van der Waals surface area contributed by atoms with Gasteiger partial charge in [0.25, 0.3) is 0 Å². The van der Waals surface area contributed by atoms with Crippen molar-refractivity contribution in [2.45, 2.75) is 38.1 Å². The summed E-state index contributed by atoms with van der Waals surface area (Å²) >= 11 is 5.43. The molecule has 0 saturated heterocycles. The fourth-order valence-electron chi connectivity index (χ4n) is 1.16. The zero-order valence-electron chi connectivity index (χ0n) is 6.82. The maximum atomic E-state index is 11.1. The Kier molecular flexibility index (Phi) is 2.77. The lowest BCUT2D eigenvalue weighted by Gasteiger charge is -2.13. The van der Waals surface area contributed by atoms with E-state index in [1.165, 1.54) is 0 Å². The monoisotopic (exact) mass is 175 g/mol. The summed E-state index contributed by atoms with van der Waals surface area (Å²) in [5.74, 6) is 0.519. The SMILES string of the molecule is CCC1(NC(=O)CCCl)CC1. The fraction of sp³-hybridized carbons (Fsp3) is 0.875. The van der Waals surface area contributed by atoms with Crippen LogP contribution in [0.15, 0.2) is 0 Å². The first-order valence-corrected chi connectivity index (χ1v) is 4.63. The van der Waals surface area contributed by atoms with Crippen molar-refractivity contribution < 1.29 is 4.79 Å². The highest BCUT2D eigenvalue weighted by molar-refractivity contribution is 6.18. The molecule has 0 aromatic heterocycles. The van der Waals surface area contributed by atoms with E-state index >= 15 is 0 Å². The Morgan fingerprint density at radius 3 is 2.64 bits per heavy atom. The third-order valence-electron chi connectivity index (χ3n) is 2.26. The third kappa shape index (κ3) is 2.37. The Bertz CT molecular complexity index is 154. The van der Waals surface area contributed by atoms with Crippen LogP contribution in [0.4, 0.5) is 0 Å². The molecule has 2 nitrogen and oxygen atoms in total. The molecule has 0 bridgehead atoms.